The highest BCUT2D eigenvalue weighted by atomic mass is 16.5. The lowest BCUT2D eigenvalue weighted by atomic mass is 10.2. The predicted molar refractivity (Wildman–Crippen MR) is 75.2 cm³/mol. The zero-order valence-corrected chi connectivity index (χ0v) is 11.9. The second-order valence-corrected chi connectivity index (χ2v) is 4.14. The molecule has 20 heavy (non-hydrogen) atoms. The summed E-state index contributed by atoms with van der Waals surface area (Å²) in [6.45, 7) is 3.61. The minimum atomic E-state index is -0.822. The van der Waals surface area contributed by atoms with Gasteiger partial charge in [-0.1, -0.05) is 18.2 Å². The molecule has 1 amide bonds. The second-order valence-electron chi connectivity index (χ2n) is 4.14. The number of ether oxygens (including phenoxy) is 2. The molecule has 5 heteroatoms. The highest BCUT2D eigenvalue weighted by Gasteiger charge is 2.15. The molecular formula is C15H19NO4. The molecule has 0 bridgehead atoms. The number of carbonyl (C=O) groups is 2. The highest BCUT2D eigenvalue weighted by Crippen LogP contribution is 2.11. The molecule has 1 rings (SSSR count). The number of carbonyl (C=O) groups excluding carboxylic acids is 2. The van der Waals surface area contributed by atoms with E-state index in [9.17, 15) is 9.59 Å². The molecule has 1 aromatic carbocycles. The standard InChI is InChI=1S/C15H19NO4/c1-4-5-14(17)20-11(2)15(18)16-10-12-6-8-13(19-3)9-7-12/h4-9,11H,10H2,1-3H3,(H,16,18)/b5-4+/t11-/m0/s1. The van der Waals surface area contributed by atoms with Gasteiger partial charge in [-0.3, -0.25) is 4.79 Å². The molecule has 0 saturated heterocycles. The average molecular weight is 277 g/mol. The van der Waals surface area contributed by atoms with E-state index in [1.54, 1.807) is 20.1 Å². The Kier molecular flexibility index (Phi) is 6.29. The summed E-state index contributed by atoms with van der Waals surface area (Å²) < 4.78 is 9.97. The van der Waals surface area contributed by atoms with Crippen LogP contribution in [-0.2, 0) is 20.9 Å². The molecule has 1 atom stereocenters. The van der Waals surface area contributed by atoms with Gasteiger partial charge in [-0.25, -0.2) is 4.79 Å². The lowest BCUT2D eigenvalue weighted by Gasteiger charge is -2.12. The van der Waals surface area contributed by atoms with Gasteiger partial charge in [-0.15, -0.1) is 0 Å². The number of nitrogens with one attached hydrogen (secondary N) is 1. The van der Waals surface area contributed by atoms with Gasteiger partial charge in [0, 0.05) is 12.6 Å². The molecule has 0 heterocycles. The normalized spacial score (nSPS) is 11.9. The molecule has 0 aliphatic carbocycles. The van der Waals surface area contributed by atoms with Crippen molar-refractivity contribution in [3.8, 4) is 5.75 Å². The SMILES string of the molecule is C/C=C/C(=O)O[C@@H](C)C(=O)NCc1ccc(OC)cc1. The van der Waals surface area contributed by atoms with Gasteiger partial charge in [0.15, 0.2) is 6.10 Å². The van der Waals surface area contributed by atoms with Gasteiger partial charge in [0.1, 0.15) is 5.75 Å². The van der Waals surface area contributed by atoms with Crippen LogP contribution in [-0.4, -0.2) is 25.1 Å². The van der Waals surface area contributed by atoms with Crippen LogP contribution in [0.2, 0.25) is 0 Å². The van der Waals surface area contributed by atoms with E-state index in [-0.39, 0.29) is 5.91 Å². The molecule has 1 N–H and O–H groups in total. The molecule has 0 unspecified atom stereocenters. The average Bonchev–Trinajstić information content (AvgIpc) is 2.45. The zero-order valence-electron chi connectivity index (χ0n) is 11.9. The van der Waals surface area contributed by atoms with Gasteiger partial charge >= 0.3 is 5.97 Å². The molecule has 5 nitrogen and oxygen atoms in total. The fraction of sp³-hybridized carbons (Fsp3) is 0.333. The summed E-state index contributed by atoms with van der Waals surface area (Å²) in [6, 6.07) is 7.35. The van der Waals surface area contributed by atoms with Crippen molar-refractivity contribution in [1.29, 1.82) is 0 Å². The number of hydrogen-bond acceptors (Lipinski definition) is 4. The van der Waals surface area contributed by atoms with Crippen molar-refractivity contribution < 1.29 is 19.1 Å². The topological polar surface area (TPSA) is 64.6 Å². The van der Waals surface area contributed by atoms with E-state index < -0.39 is 12.1 Å². The lowest BCUT2D eigenvalue weighted by molar-refractivity contribution is -0.150. The van der Waals surface area contributed by atoms with E-state index in [4.69, 9.17) is 9.47 Å². The van der Waals surface area contributed by atoms with Crippen LogP contribution in [0.3, 0.4) is 0 Å². The van der Waals surface area contributed by atoms with Crippen LogP contribution in [0, 0.1) is 0 Å². The van der Waals surface area contributed by atoms with Gasteiger partial charge in [0.2, 0.25) is 0 Å². The number of rotatable bonds is 6. The summed E-state index contributed by atoms with van der Waals surface area (Å²) in [4.78, 5) is 22.9. The Morgan fingerprint density at radius 2 is 1.95 bits per heavy atom. The van der Waals surface area contributed by atoms with Crippen molar-refractivity contribution in [3.05, 3.63) is 42.0 Å². The van der Waals surface area contributed by atoms with Gasteiger partial charge < -0.3 is 14.8 Å². The van der Waals surface area contributed by atoms with Crippen molar-refractivity contribution in [1.82, 2.24) is 5.32 Å². The maximum Gasteiger partial charge on any atom is 0.331 e. The first-order valence-electron chi connectivity index (χ1n) is 6.30. The van der Waals surface area contributed by atoms with Crippen LogP contribution in [0.25, 0.3) is 0 Å². The van der Waals surface area contributed by atoms with Crippen LogP contribution < -0.4 is 10.1 Å². The molecule has 0 fully saturated rings. The fourth-order valence-electron chi connectivity index (χ4n) is 1.48. The lowest BCUT2D eigenvalue weighted by Crippen LogP contribution is -2.35. The van der Waals surface area contributed by atoms with E-state index in [2.05, 4.69) is 5.32 Å². The zero-order chi connectivity index (χ0) is 15.0. The Bertz CT molecular complexity index is 479. The van der Waals surface area contributed by atoms with Crippen LogP contribution in [0.5, 0.6) is 5.75 Å². The summed E-state index contributed by atoms with van der Waals surface area (Å²) in [5.74, 6) is -0.105. The largest absolute Gasteiger partial charge is 0.497 e. The van der Waals surface area contributed by atoms with Gasteiger partial charge in [0.05, 0.1) is 7.11 Å². The van der Waals surface area contributed by atoms with E-state index in [0.29, 0.717) is 6.54 Å². The van der Waals surface area contributed by atoms with Crippen LogP contribution >= 0.6 is 0 Å². The maximum absolute atomic E-state index is 11.7. The van der Waals surface area contributed by atoms with E-state index in [0.717, 1.165) is 11.3 Å². The number of methoxy groups -OCH3 is 1. The van der Waals surface area contributed by atoms with E-state index >= 15 is 0 Å². The molecule has 0 saturated carbocycles. The number of esters is 1. The van der Waals surface area contributed by atoms with Crippen LogP contribution in [0.15, 0.2) is 36.4 Å². The molecular weight excluding hydrogens is 258 g/mol. The smallest absolute Gasteiger partial charge is 0.331 e. The van der Waals surface area contributed by atoms with Crippen molar-refractivity contribution in [2.45, 2.75) is 26.5 Å². The minimum Gasteiger partial charge on any atom is -0.497 e. The molecule has 0 radical (unpaired) electrons. The summed E-state index contributed by atoms with van der Waals surface area (Å²) in [7, 11) is 1.59. The first-order valence-corrected chi connectivity index (χ1v) is 6.30. The Hall–Kier alpha value is -2.30. The quantitative estimate of drug-likeness (QED) is 0.636. The number of allylic oxidation sites excluding steroid dienone is 1. The molecule has 0 aromatic heterocycles. The number of amides is 1. The van der Waals surface area contributed by atoms with Crippen molar-refractivity contribution in [2.75, 3.05) is 7.11 Å². The maximum atomic E-state index is 11.7. The third-order valence-electron chi connectivity index (χ3n) is 2.59. The third-order valence-corrected chi connectivity index (χ3v) is 2.59. The fourth-order valence-corrected chi connectivity index (χ4v) is 1.48. The van der Waals surface area contributed by atoms with E-state index in [1.807, 2.05) is 24.3 Å². The molecule has 108 valence electrons. The number of benzene rings is 1. The number of hydrogen-bond donors (Lipinski definition) is 1. The first-order chi connectivity index (χ1) is 9.56. The second kappa shape index (κ2) is 7.99. The monoisotopic (exact) mass is 277 g/mol. The summed E-state index contributed by atoms with van der Waals surface area (Å²) in [5.41, 5.74) is 0.936. The minimum absolute atomic E-state index is 0.335. The van der Waals surface area contributed by atoms with Gasteiger partial charge in [-0.05, 0) is 31.5 Å². The van der Waals surface area contributed by atoms with Crippen LogP contribution in [0.4, 0.5) is 0 Å². The Labute approximate surface area is 118 Å². The Morgan fingerprint density at radius 3 is 2.50 bits per heavy atom. The van der Waals surface area contributed by atoms with Gasteiger partial charge in [0.25, 0.3) is 5.91 Å². The molecule has 0 spiro atoms. The summed E-state index contributed by atoms with van der Waals surface area (Å²) >= 11 is 0. The molecule has 1 aromatic rings. The van der Waals surface area contributed by atoms with Crippen molar-refractivity contribution >= 4 is 11.9 Å². The van der Waals surface area contributed by atoms with Crippen molar-refractivity contribution in [3.63, 3.8) is 0 Å². The first kappa shape index (κ1) is 15.8. The summed E-state index contributed by atoms with van der Waals surface area (Å²) in [6.07, 6.45) is 2.01. The summed E-state index contributed by atoms with van der Waals surface area (Å²) in [5, 5.41) is 2.70. The predicted octanol–water partition coefficient (Wildman–Crippen LogP) is 1.82. The highest BCUT2D eigenvalue weighted by molar-refractivity contribution is 5.87. The third kappa shape index (κ3) is 5.14. The molecule has 0 aliphatic rings. The Balaban J connectivity index is 2.43. The van der Waals surface area contributed by atoms with Crippen LogP contribution in [0.1, 0.15) is 19.4 Å². The van der Waals surface area contributed by atoms with E-state index in [1.165, 1.54) is 13.0 Å². The van der Waals surface area contributed by atoms with Gasteiger partial charge in [-0.2, -0.15) is 0 Å². The van der Waals surface area contributed by atoms with Crippen molar-refractivity contribution in [2.24, 2.45) is 0 Å². The Morgan fingerprint density at radius 1 is 1.30 bits per heavy atom. The molecule has 0 aliphatic heterocycles.